The van der Waals surface area contributed by atoms with E-state index in [2.05, 4.69) is 11.1 Å². The number of aromatic nitrogens is 1. The second-order valence-electron chi connectivity index (χ2n) is 3.16. The standard InChI is InChI=1S/C10H12N2O2S2/c1-7-8(9(13)14)16-10(12-7)15-6-4-2-3-5-11/h2-4,6H2,1H3,(H,13,14). The summed E-state index contributed by atoms with van der Waals surface area (Å²) in [5, 5.41) is 17.2. The number of nitriles is 1. The van der Waals surface area contributed by atoms with Crippen LogP contribution in [0.2, 0.25) is 0 Å². The number of nitrogens with zero attached hydrogens (tertiary/aromatic N) is 2. The molecule has 1 N–H and O–H groups in total. The quantitative estimate of drug-likeness (QED) is 0.625. The third kappa shape index (κ3) is 3.83. The van der Waals surface area contributed by atoms with Gasteiger partial charge in [-0.2, -0.15) is 5.26 Å². The van der Waals surface area contributed by atoms with Gasteiger partial charge in [-0.15, -0.1) is 11.3 Å². The molecule has 0 atom stereocenters. The lowest BCUT2D eigenvalue weighted by atomic mass is 10.3. The van der Waals surface area contributed by atoms with Crippen LogP contribution < -0.4 is 0 Å². The molecular formula is C10H12N2O2S2. The molecule has 0 saturated carbocycles. The molecule has 0 aliphatic heterocycles. The summed E-state index contributed by atoms with van der Waals surface area (Å²) < 4.78 is 0.798. The van der Waals surface area contributed by atoms with Gasteiger partial charge in [-0.05, 0) is 19.8 Å². The van der Waals surface area contributed by atoms with Gasteiger partial charge in [-0.3, -0.25) is 0 Å². The number of thioether (sulfide) groups is 1. The first-order valence-corrected chi connectivity index (χ1v) is 6.66. The second kappa shape index (κ2) is 6.51. The van der Waals surface area contributed by atoms with Gasteiger partial charge in [0.25, 0.3) is 0 Å². The van der Waals surface area contributed by atoms with E-state index < -0.39 is 5.97 Å². The number of hydrogen-bond acceptors (Lipinski definition) is 5. The second-order valence-corrected chi connectivity index (χ2v) is 5.50. The lowest BCUT2D eigenvalue weighted by Gasteiger charge is -1.94. The van der Waals surface area contributed by atoms with Crippen molar-refractivity contribution >= 4 is 29.1 Å². The van der Waals surface area contributed by atoms with E-state index in [0.717, 1.165) is 22.9 Å². The van der Waals surface area contributed by atoms with Crippen molar-refractivity contribution in [3.05, 3.63) is 10.6 Å². The number of unbranched alkanes of at least 4 members (excludes halogenated alkanes) is 2. The van der Waals surface area contributed by atoms with Gasteiger partial charge in [0, 0.05) is 12.2 Å². The average Bonchev–Trinajstić information content (AvgIpc) is 2.59. The van der Waals surface area contributed by atoms with Crippen LogP contribution in [0.1, 0.15) is 34.6 Å². The van der Waals surface area contributed by atoms with Crippen molar-refractivity contribution in [3.8, 4) is 6.07 Å². The van der Waals surface area contributed by atoms with Crippen molar-refractivity contribution in [2.24, 2.45) is 0 Å². The van der Waals surface area contributed by atoms with Gasteiger partial charge in [-0.1, -0.05) is 11.8 Å². The van der Waals surface area contributed by atoms with Crippen LogP contribution in [0.3, 0.4) is 0 Å². The number of aromatic carboxylic acids is 1. The highest BCUT2D eigenvalue weighted by atomic mass is 32.2. The van der Waals surface area contributed by atoms with Crippen molar-refractivity contribution < 1.29 is 9.90 Å². The molecule has 6 heteroatoms. The Hall–Kier alpha value is -1.06. The Balaban J connectivity index is 2.41. The maximum Gasteiger partial charge on any atom is 0.347 e. The number of carbonyl (C=O) groups is 1. The number of rotatable bonds is 6. The minimum Gasteiger partial charge on any atom is -0.477 e. The molecule has 0 fully saturated rings. The molecule has 16 heavy (non-hydrogen) atoms. The third-order valence-electron chi connectivity index (χ3n) is 1.88. The Kier molecular flexibility index (Phi) is 5.29. The fourth-order valence-corrected chi connectivity index (χ4v) is 3.20. The summed E-state index contributed by atoms with van der Waals surface area (Å²) in [5.41, 5.74) is 0.581. The summed E-state index contributed by atoms with van der Waals surface area (Å²) in [6.45, 7) is 1.71. The molecule has 0 aliphatic rings. The molecule has 1 heterocycles. The first-order chi connectivity index (χ1) is 7.65. The largest absolute Gasteiger partial charge is 0.477 e. The van der Waals surface area contributed by atoms with Crippen LogP contribution in [-0.4, -0.2) is 21.8 Å². The van der Waals surface area contributed by atoms with Gasteiger partial charge in [0.05, 0.1) is 11.8 Å². The smallest absolute Gasteiger partial charge is 0.347 e. The highest BCUT2D eigenvalue weighted by Gasteiger charge is 2.13. The molecule has 0 radical (unpaired) electrons. The molecule has 4 nitrogen and oxygen atoms in total. The zero-order valence-electron chi connectivity index (χ0n) is 8.89. The summed E-state index contributed by atoms with van der Waals surface area (Å²) in [5.74, 6) is -0.0282. The molecule has 1 aromatic rings. The van der Waals surface area contributed by atoms with E-state index in [4.69, 9.17) is 10.4 Å². The van der Waals surface area contributed by atoms with E-state index >= 15 is 0 Å². The number of hydrogen-bond donors (Lipinski definition) is 1. The Morgan fingerprint density at radius 2 is 2.38 bits per heavy atom. The van der Waals surface area contributed by atoms with Crippen LogP contribution in [-0.2, 0) is 0 Å². The van der Waals surface area contributed by atoms with E-state index in [1.54, 1.807) is 18.7 Å². The van der Waals surface area contributed by atoms with Crippen LogP contribution in [0, 0.1) is 18.3 Å². The Morgan fingerprint density at radius 3 is 2.94 bits per heavy atom. The monoisotopic (exact) mass is 256 g/mol. The maximum absolute atomic E-state index is 10.8. The lowest BCUT2D eigenvalue weighted by molar-refractivity contribution is 0.0701. The Morgan fingerprint density at radius 1 is 1.62 bits per heavy atom. The van der Waals surface area contributed by atoms with Crippen LogP contribution in [0.15, 0.2) is 4.34 Å². The fraction of sp³-hybridized carbons (Fsp3) is 0.500. The molecule has 0 aromatic carbocycles. The molecule has 1 rings (SSSR count). The van der Waals surface area contributed by atoms with E-state index in [-0.39, 0.29) is 0 Å². The summed E-state index contributed by atoms with van der Waals surface area (Å²) >= 11 is 2.78. The van der Waals surface area contributed by atoms with Crippen molar-refractivity contribution in [2.75, 3.05) is 5.75 Å². The van der Waals surface area contributed by atoms with Crippen molar-refractivity contribution in [3.63, 3.8) is 0 Å². The molecule has 1 aromatic heterocycles. The maximum atomic E-state index is 10.8. The van der Waals surface area contributed by atoms with Gasteiger partial charge < -0.3 is 5.11 Å². The van der Waals surface area contributed by atoms with E-state index in [1.807, 2.05) is 0 Å². The van der Waals surface area contributed by atoms with Gasteiger partial charge >= 0.3 is 5.97 Å². The number of carboxylic acids is 1. The van der Waals surface area contributed by atoms with Crippen LogP contribution in [0.5, 0.6) is 0 Å². The van der Waals surface area contributed by atoms with Gasteiger partial charge in [0.15, 0.2) is 4.34 Å². The fourth-order valence-electron chi connectivity index (χ4n) is 1.10. The zero-order valence-corrected chi connectivity index (χ0v) is 10.5. The molecule has 0 bridgehead atoms. The number of carboxylic acid groups (broad SMARTS) is 1. The van der Waals surface area contributed by atoms with Crippen molar-refractivity contribution in [1.29, 1.82) is 5.26 Å². The number of aryl methyl sites for hydroxylation is 1. The van der Waals surface area contributed by atoms with Gasteiger partial charge in [0.2, 0.25) is 0 Å². The highest BCUT2D eigenvalue weighted by molar-refractivity contribution is 8.01. The van der Waals surface area contributed by atoms with E-state index in [9.17, 15) is 4.79 Å². The summed E-state index contributed by atoms with van der Waals surface area (Å²) in [6, 6.07) is 2.09. The first-order valence-electron chi connectivity index (χ1n) is 4.85. The first kappa shape index (κ1) is 13.0. The zero-order chi connectivity index (χ0) is 12.0. The lowest BCUT2D eigenvalue weighted by Crippen LogP contribution is -1.94. The van der Waals surface area contributed by atoms with Crippen LogP contribution >= 0.6 is 23.1 Å². The third-order valence-corrected chi connectivity index (χ3v) is 4.25. The van der Waals surface area contributed by atoms with E-state index in [1.165, 1.54) is 11.3 Å². The minimum absolute atomic E-state index is 0.319. The molecule has 0 amide bonds. The van der Waals surface area contributed by atoms with Crippen molar-refractivity contribution in [1.82, 2.24) is 4.98 Å². The summed E-state index contributed by atoms with van der Waals surface area (Å²) in [6.07, 6.45) is 2.43. The highest BCUT2D eigenvalue weighted by Crippen LogP contribution is 2.27. The molecule has 0 saturated heterocycles. The van der Waals surface area contributed by atoms with Gasteiger partial charge in [0.1, 0.15) is 4.88 Å². The predicted molar refractivity (Wildman–Crippen MR) is 64.0 cm³/mol. The topological polar surface area (TPSA) is 74.0 Å². The summed E-state index contributed by atoms with van der Waals surface area (Å²) in [4.78, 5) is 15.3. The normalized spacial score (nSPS) is 10.0. The van der Waals surface area contributed by atoms with Crippen molar-refractivity contribution in [2.45, 2.75) is 30.5 Å². The SMILES string of the molecule is Cc1nc(SCCCCC#N)sc1C(=O)O. The molecular weight excluding hydrogens is 244 g/mol. The minimum atomic E-state index is -0.911. The average molecular weight is 256 g/mol. The van der Waals surface area contributed by atoms with Crippen LogP contribution in [0.4, 0.5) is 0 Å². The predicted octanol–water partition coefficient (Wildman–Crippen LogP) is 2.94. The van der Waals surface area contributed by atoms with Gasteiger partial charge in [-0.25, -0.2) is 9.78 Å². The Bertz CT molecular complexity index is 409. The van der Waals surface area contributed by atoms with E-state index in [0.29, 0.717) is 17.0 Å². The molecule has 0 unspecified atom stereocenters. The molecule has 0 spiro atoms. The molecule has 0 aliphatic carbocycles. The number of thiazole rings is 1. The van der Waals surface area contributed by atoms with Crippen LogP contribution in [0.25, 0.3) is 0 Å². The summed E-state index contributed by atoms with van der Waals surface area (Å²) in [7, 11) is 0. The Labute approximate surface area is 102 Å². The molecule has 86 valence electrons.